The molecule has 0 saturated heterocycles. The molecule has 0 nitrogen and oxygen atoms in total. The van der Waals surface area contributed by atoms with Gasteiger partial charge in [0.2, 0.25) is 0 Å². The van der Waals surface area contributed by atoms with Gasteiger partial charge in [-0.05, 0) is 87.8 Å². The van der Waals surface area contributed by atoms with Gasteiger partial charge in [0.25, 0.3) is 0 Å². The first-order valence-corrected chi connectivity index (χ1v) is 12.5. The fraction of sp³-hybridized carbons (Fsp3) is 0.514. The van der Waals surface area contributed by atoms with Crippen molar-refractivity contribution in [2.75, 3.05) is 0 Å². The van der Waals surface area contributed by atoms with Gasteiger partial charge in [-0.1, -0.05) is 136 Å². The van der Waals surface area contributed by atoms with Crippen molar-refractivity contribution in [1.29, 1.82) is 0 Å². The molecule has 1 aliphatic carbocycles. The minimum absolute atomic E-state index is 0. The average Bonchev–Trinajstić information content (AvgIpc) is 2.79. The number of benzene rings is 3. The van der Waals surface area contributed by atoms with Crippen molar-refractivity contribution in [3.63, 3.8) is 0 Å². The number of hydrogen-bond acceptors (Lipinski definition) is 0. The Morgan fingerprint density at radius 3 is 0.872 bits per heavy atom. The van der Waals surface area contributed by atoms with Crippen molar-refractivity contribution in [2.24, 2.45) is 11.8 Å². The topological polar surface area (TPSA) is 0 Å². The van der Waals surface area contributed by atoms with Crippen molar-refractivity contribution in [1.82, 2.24) is 0 Å². The van der Waals surface area contributed by atoms with Gasteiger partial charge in [0.1, 0.15) is 11.6 Å². The van der Waals surface area contributed by atoms with E-state index in [1.807, 2.05) is 26.0 Å². The number of aryl methyl sites for hydroxylation is 6. The van der Waals surface area contributed by atoms with Crippen molar-refractivity contribution >= 4 is 0 Å². The van der Waals surface area contributed by atoms with Crippen molar-refractivity contribution < 1.29 is 8.78 Å². The Kier molecular flexibility index (Phi) is 29.2. The zero-order valence-electron chi connectivity index (χ0n) is 22.5. The SMILES string of the molecule is C.C.C.C.C.CC1CCC(C)CC1.Cc1ccc(C)c(F)c1.Cc1ccc(C)c(F)c1.Cc1ccc(C)cc1. The van der Waals surface area contributed by atoms with Gasteiger partial charge >= 0.3 is 0 Å². The fourth-order valence-electron chi connectivity index (χ4n) is 3.46. The monoisotopic (exact) mass is 546 g/mol. The van der Waals surface area contributed by atoms with E-state index in [1.165, 1.54) is 48.9 Å². The second-order valence-corrected chi connectivity index (χ2v) is 10.0. The molecular formula is C37H64F2. The highest BCUT2D eigenvalue weighted by Crippen LogP contribution is 2.27. The molecule has 0 bridgehead atoms. The second-order valence-electron chi connectivity index (χ2n) is 10.0. The molecule has 0 unspecified atom stereocenters. The molecule has 0 N–H and O–H groups in total. The van der Waals surface area contributed by atoms with Gasteiger partial charge in [-0.25, -0.2) is 8.78 Å². The minimum atomic E-state index is -0.116. The van der Waals surface area contributed by atoms with Gasteiger partial charge < -0.3 is 0 Å². The highest BCUT2D eigenvalue weighted by Gasteiger charge is 2.13. The number of rotatable bonds is 0. The molecule has 0 heterocycles. The lowest BCUT2D eigenvalue weighted by atomic mass is 9.84. The van der Waals surface area contributed by atoms with Gasteiger partial charge in [-0.2, -0.15) is 0 Å². The molecule has 0 aromatic heterocycles. The summed E-state index contributed by atoms with van der Waals surface area (Å²) in [6, 6.07) is 18.9. The van der Waals surface area contributed by atoms with Crippen LogP contribution in [0.5, 0.6) is 0 Å². The third-order valence-electron chi connectivity index (χ3n) is 6.18. The third-order valence-corrected chi connectivity index (χ3v) is 6.18. The molecular weight excluding hydrogens is 482 g/mol. The van der Waals surface area contributed by atoms with E-state index in [-0.39, 0.29) is 48.8 Å². The van der Waals surface area contributed by atoms with Crippen molar-refractivity contribution in [3.8, 4) is 0 Å². The molecule has 0 spiro atoms. The normalized spacial score (nSPS) is 14.5. The van der Waals surface area contributed by atoms with Crippen LogP contribution in [0, 0.1) is 65.0 Å². The molecule has 0 radical (unpaired) electrons. The Balaban J connectivity index is -0.000000126. The summed E-state index contributed by atoms with van der Waals surface area (Å²) in [7, 11) is 0. The maximum Gasteiger partial charge on any atom is 0.126 e. The lowest BCUT2D eigenvalue weighted by Crippen LogP contribution is -2.08. The minimum Gasteiger partial charge on any atom is -0.207 e. The van der Waals surface area contributed by atoms with E-state index in [4.69, 9.17) is 0 Å². The summed E-state index contributed by atoms with van der Waals surface area (Å²) >= 11 is 0. The number of halogens is 2. The van der Waals surface area contributed by atoms with Crippen molar-refractivity contribution in [2.45, 2.75) is 118 Å². The Labute approximate surface area is 244 Å². The molecule has 1 aliphatic rings. The second kappa shape index (κ2) is 24.6. The van der Waals surface area contributed by atoms with E-state index < -0.39 is 0 Å². The van der Waals surface area contributed by atoms with Gasteiger partial charge in [-0.3, -0.25) is 0 Å². The molecule has 2 heteroatoms. The lowest BCUT2D eigenvalue weighted by molar-refractivity contribution is 0.308. The number of hydrogen-bond donors (Lipinski definition) is 0. The molecule has 0 amide bonds. The van der Waals surface area contributed by atoms with E-state index in [0.29, 0.717) is 11.1 Å². The maximum absolute atomic E-state index is 12.6. The predicted molar refractivity (Wildman–Crippen MR) is 178 cm³/mol. The summed E-state index contributed by atoms with van der Waals surface area (Å²) < 4.78 is 25.2. The largest absolute Gasteiger partial charge is 0.207 e. The van der Waals surface area contributed by atoms with Crippen LogP contribution in [0.2, 0.25) is 0 Å². The Bertz CT molecular complexity index is 885. The summed E-state index contributed by atoms with van der Waals surface area (Å²) in [5, 5.41) is 0. The Morgan fingerprint density at radius 2 is 0.667 bits per heavy atom. The lowest BCUT2D eigenvalue weighted by Gasteiger charge is -2.22. The molecule has 226 valence electrons. The van der Waals surface area contributed by atoms with Crippen LogP contribution in [0.25, 0.3) is 0 Å². The summed E-state index contributed by atoms with van der Waals surface area (Å²) in [6.45, 7) is 16.2. The molecule has 1 saturated carbocycles. The average molecular weight is 547 g/mol. The van der Waals surface area contributed by atoms with E-state index in [2.05, 4.69) is 52.0 Å². The molecule has 39 heavy (non-hydrogen) atoms. The molecule has 3 aromatic rings. The highest BCUT2D eigenvalue weighted by atomic mass is 19.1. The van der Waals surface area contributed by atoms with Crippen LogP contribution in [-0.2, 0) is 0 Å². The molecule has 3 aromatic carbocycles. The van der Waals surface area contributed by atoms with Crippen LogP contribution in [-0.4, -0.2) is 0 Å². The van der Waals surface area contributed by atoms with Crippen LogP contribution in [0.4, 0.5) is 8.78 Å². The fourth-order valence-corrected chi connectivity index (χ4v) is 3.46. The van der Waals surface area contributed by atoms with Gasteiger partial charge in [0, 0.05) is 0 Å². The first-order valence-electron chi connectivity index (χ1n) is 12.5. The zero-order valence-corrected chi connectivity index (χ0v) is 22.5. The molecule has 0 aliphatic heterocycles. The maximum atomic E-state index is 12.6. The van der Waals surface area contributed by atoms with E-state index in [1.54, 1.807) is 26.0 Å². The summed E-state index contributed by atoms with van der Waals surface area (Å²) in [6.07, 6.45) is 5.89. The zero-order chi connectivity index (χ0) is 25.7. The van der Waals surface area contributed by atoms with Crippen LogP contribution in [0.15, 0.2) is 60.7 Å². The van der Waals surface area contributed by atoms with E-state index >= 15 is 0 Å². The Hall–Kier alpha value is -2.48. The summed E-state index contributed by atoms with van der Waals surface area (Å²) in [5.74, 6) is 1.81. The molecule has 0 atom stereocenters. The third kappa shape index (κ3) is 21.1. The highest BCUT2D eigenvalue weighted by molar-refractivity contribution is 5.22. The van der Waals surface area contributed by atoms with Crippen molar-refractivity contribution in [3.05, 3.63) is 106 Å². The predicted octanol–water partition coefficient (Wildman–Crippen LogP) is 13.2. The van der Waals surface area contributed by atoms with Gasteiger partial charge in [0.15, 0.2) is 0 Å². The van der Waals surface area contributed by atoms with Crippen LogP contribution in [0.3, 0.4) is 0 Å². The first-order chi connectivity index (χ1) is 16.0. The van der Waals surface area contributed by atoms with E-state index in [0.717, 1.165) is 23.0 Å². The summed E-state index contributed by atoms with van der Waals surface area (Å²) in [5.41, 5.74) is 6.02. The molecule has 1 fully saturated rings. The standard InChI is InChI=1S/2C8H9F.C8H16.C8H10.5CH4/c2*1-6-3-4-7(2)8(9)5-6;2*1-7-3-5-8(2)6-4-7;;;;;/h2*3-5H,1-2H3;7-8H,3-6H2,1-2H3;3-6H,1-2H3;5*1H4. The quantitative estimate of drug-likeness (QED) is 0.263. The van der Waals surface area contributed by atoms with Gasteiger partial charge in [-0.15, -0.1) is 0 Å². The van der Waals surface area contributed by atoms with Crippen LogP contribution in [0.1, 0.15) is 110 Å². The van der Waals surface area contributed by atoms with E-state index in [9.17, 15) is 8.78 Å². The van der Waals surface area contributed by atoms with Crippen LogP contribution >= 0.6 is 0 Å². The first kappa shape index (κ1) is 46.4. The van der Waals surface area contributed by atoms with Gasteiger partial charge in [0.05, 0.1) is 0 Å². The summed E-state index contributed by atoms with van der Waals surface area (Å²) in [4.78, 5) is 0. The van der Waals surface area contributed by atoms with Crippen LogP contribution < -0.4 is 0 Å². The smallest absolute Gasteiger partial charge is 0.126 e. The molecule has 4 rings (SSSR count). The Morgan fingerprint density at radius 1 is 0.436 bits per heavy atom.